The van der Waals surface area contributed by atoms with Gasteiger partial charge in [0.05, 0.1) is 21.6 Å². The quantitative estimate of drug-likeness (QED) is 0.767. The molecule has 0 amide bonds. The van der Waals surface area contributed by atoms with Crippen molar-refractivity contribution in [2.24, 2.45) is 0 Å². The molecule has 2 rings (SSSR count). The van der Waals surface area contributed by atoms with Crippen molar-refractivity contribution in [3.63, 3.8) is 0 Å². The fourth-order valence-corrected chi connectivity index (χ4v) is 2.85. The van der Waals surface area contributed by atoms with E-state index in [1.165, 1.54) is 12.1 Å². The third kappa shape index (κ3) is 4.44. The molecule has 0 saturated carbocycles. The summed E-state index contributed by atoms with van der Waals surface area (Å²) in [7, 11) is -1.17. The fraction of sp³-hybridized carbons (Fsp3) is 0.0667. The molecule has 2 aromatic carbocycles. The molecular weight excluding hydrogens is 318 g/mol. The summed E-state index contributed by atoms with van der Waals surface area (Å²) in [6.45, 7) is 0. The minimum absolute atomic E-state index is 0.296. The molecule has 1 unspecified atom stereocenters. The molecule has 0 N–H and O–H groups in total. The maximum atomic E-state index is 12.9. The average molecular weight is 329 g/mol. The lowest BCUT2D eigenvalue weighted by Gasteiger charge is -2.00. The van der Waals surface area contributed by atoms with E-state index in [9.17, 15) is 8.60 Å². The first kappa shape index (κ1) is 15.2. The molecule has 0 saturated heterocycles. The Balaban J connectivity index is 2.03. The molecule has 5 heteroatoms. The molecule has 0 radical (unpaired) electrons. The number of benzene rings is 2. The van der Waals surface area contributed by atoms with Gasteiger partial charge in [0.2, 0.25) is 0 Å². The van der Waals surface area contributed by atoms with Gasteiger partial charge in [0.25, 0.3) is 0 Å². The summed E-state index contributed by atoms with van der Waals surface area (Å²) in [5.74, 6) is 0.00128. The maximum absolute atomic E-state index is 12.9. The lowest BCUT2D eigenvalue weighted by atomic mass is 10.2. The van der Waals surface area contributed by atoms with Gasteiger partial charge in [0.15, 0.2) is 0 Å². The van der Waals surface area contributed by atoms with Crippen molar-refractivity contribution in [1.82, 2.24) is 0 Å². The molecule has 0 spiro atoms. The Morgan fingerprint density at radius 3 is 2.45 bits per heavy atom. The van der Waals surface area contributed by atoms with Gasteiger partial charge in [-0.1, -0.05) is 41.4 Å². The van der Waals surface area contributed by atoms with Crippen LogP contribution in [0.5, 0.6) is 0 Å². The van der Waals surface area contributed by atoms with Crippen LogP contribution in [0.25, 0.3) is 6.08 Å². The van der Waals surface area contributed by atoms with Crippen molar-refractivity contribution in [1.29, 1.82) is 0 Å². The summed E-state index contributed by atoms with van der Waals surface area (Å²) in [5, 5.41) is 2.49. The Kier molecular flexibility index (Phi) is 5.35. The van der Waals surface area contributed by atoms with Crippen molar-refractivity contribution in [3.8, 4) is 0 Å². The third-order valence-electron chi connectivity index (χ3n) is 2.58. The molecule has 0 aliphatic carbocycles. The minimum atomic E-state index is -1.17. The second-order valence-electron chi connectivity index (χ2n) is 4.12. The largest absolute Gasteiger partial charge is 0.255 e. The molecule has 1 atom stereocenters. The summed E-state index contributed by atoms with van der Waals surface area (Å²) in [6, 6.07) is 11.3. The second kappa shape index (κ2) is 7.02. The van der Waals surface area contributed by atoms with Crippen LogP contribution in [0, 0.1) is 5.82 Å². The Hall–Kier alpha value is -1.16. The summed E-state index contributed by atoms with van der Waals surface area (Å²) in [4.78, 5) is 0. The van der Waals surface area contributed by atoms with Gasteiger partial charge >= 0.3 is 0 Å². The Bertz CT molecular complexity index is 653. The molecular formula is C15H11Cl2FOS. The molecule has 2 aromatic rings. The Labute approximate surface area is 129 Å². The van der Waals surface area contributed by atoms with Gasteiger partial charge in [-0.15, -0.1) is 0 Å². The van der Waals surface area contributed by atoms with E-state index in [0.717, 1.165) is 5.56 Å². The van der Waals surface area contributed by atoms with Gasteiger partial charge in [-0.25, -0.2) is 4.39 Å². The van der Waals surface area contributed by atoms with Crippen LogP contribution in [0.4, 0.5) is 4.39 Å². The van der Waals surface area contributed by atoms with E-state index in [1.54, 1.807) is 29.7 Å². The average Bonchev–Trinajstić information content (AvgIpc) is 2.40. The Morgan fingerprint density at radius 2 is 1.80 bits per heavy atom. The van der Waals surface area contributed by atoms with Gasteiger partial charge < -0.3 is 0 Å². The second-order valence-corrected chi connectivity index (χ2v) is 6.29. The van der Waals surface area contributed by atoms with Gasteiger partial charge in [-0.3, -0.25) is 4.21 Å². The van der Waals surface area contributed by atoms with E-state index >= 15 is 0 Å². The molecule has 0 aromatic heterocycles. The monoisotopic (exact) mass is 328 g/mol. The van der Waals surface area contributed by atoms with Crippen LogP contribution >= 0.6 is 23.2 Å². The molecule has 0 fully saturated rings. The first-order chi connectivity index (χ1) is 9.54. The van der Waals surface area contributed by atoms with Crippen LogP contribution in [-0.2, 0) is 16.6 Å². The number of hydrogen-bond acceptors (Lipinski definition) is 1. The lowest BCUT2D eigenvalue weighted by molar-refractivity contribution is 0.628. The summed E-state index contributed by atoms with van der Waals surface area (Å²) in [5.41, 5.74) is 1.57. The van der Waals surface area contributed by atoms with Crippen molar-refractivity contribution in [2.45, 2.75) is 5.75 Å². The van der Waals surface area contributed by atoms with Crippen LogP contribution in [0.15, 0.2) is 47.9 Å². The first-order valence-corrected chi connectivity index (χ1v) is 7.93. The van der Waals surface area contributed by atoms with Gasteiger partial charge in [-0.2, -0.15) is 0 Å². The van der Waals surface area contributed by atoms with Crippen molar-refractivity contribution >= 4 is 40.1 Å². The van der Waals surface area contributed by atoms with Crippen molar-refractivity contribution in [3.05, 3.63) is 74.9 Å². The zero-order valence-corrected chi connectivity index (χ0v) is 12.7. The molecule has 1 nitrogen and oxygen atoms in total. The number of hydrogen-bond donors (Lipinski definition) is 0. The molecule has 0 aliphatic heterocycles. The van der Waals surface area contributed by atoms with Crippen molar-refractivity contribution < 1.29 is 8.60 Å². The highest BCUT2D eigenvalue weighted by Gasteiger charge is 2.01. The Morgan fingerprint density at radius 1 is 1.10 bits per heavy atom. The fourth-order valence-electron chi connectivity index (χ4n) is 1.58. The van der Waals surface area contributed by atoms with Crippen molar-refractivity contribution in [2.75, 3.05) is 0 Å². The lowest BCUT2D eigenvalue weighted by Crippen LogP contribution is -1.91. The first-order valence-electron chi connectivity index (χ1n) is 5.79. The van der Waals surface area contributed by atoms with Crippen LogP contribution in [-0.4, -0.2) is 4.21 Å². The van der Waals surface area contributed by atoms with Crippen LogP contribution in [0.1, 0.15) is 11.1 Å². The summed E-state index contributed by atoms with van der Waals surface area (Å²) < 4.78 is 24.8. The highest BCUT2D eigenvalue weighted by Crippen LogP contribution is 2.19. The predicted molar refractivity (Wildman–Crippen MR) is 83.7 cm³/mol. The smallest absolute Gasteiger partial charge is 0.124 e. The van der Waals surface area contributed by atoms with Crippen LogP contribution < -0.4 is 0 Å². The van der Waals surface area contributed by atoms with Crippen LogP contribution in [0.3, 0.4) is 0 Å². The number of rotatable bonds is 4. The van der Waals surface area contributed by atoms with Gasteiger partial charge in [0, 0.05) is 10.4 Å². The maximum Gasteiger partial charge on any atom is 0.124 e. The zero-order valence-electron chi connectivity index (χ0n) is 10.4. The minimum Gasteiger partial charge on any atom is -0.255 e. The third-order valence-corrected chi connectivity index (χ3v) is 4.22. The van der Waals surface area contributed by atoms with E-state index in [1.807, 2.05) is 12.1 Å². The normalized spacial score (nSPS) is 12.8. The van der Waals surface area contributed by atoms with Crippen LogP contribution in [0.2, 0.25) is 10.0 Å². The van der Waals surface area contributed by atoms with E-state index in [4.69, 9.17) is 23.2 Å². The zero-order chi connectivity index (χ0) is 14.5. The van der Waals surface area contributed by atoms with E-state index in [2.05, 4.69) is 0 Å². The SMILES string of the molecule is O=S(C=Cc1ccc(F)cc1Cl)Cc1ccc(Cl)cc1. The predicted octanol–water partition coefficient (Wildman–Crippen LogP) is 5.05. The van der Waals surface area contributed by atoms with Gasteiger partial charge in [-0.05, 0) is 41.5 Å². The highest BCUT2D eigenvalue weighted by molar-refractivity contribution is 7.87. The molecule has 0 aliphatic rings. The number of halogens is 3. The highest BCUT2D eigenvalue weighted by atomic mass is 35.5. The van der Waals surface area contributed by atoms with Gasteiger partial charge in [0.1, 0.15) is 5.82 Å². The summed E-state index contributed by atoms with van der Waals surface area (Å²) >= 11 is 11.7. The molecule has 104 valence electrons. The molecule has 0 bridgehead atoms. The topological polar surface area (TPSA) is 17.1 Å². The van der Waals surface area contributed by atoms with E-state index in [0.29, 0.717) is 21.4 Å². The van der Waals surface area contributed by atoms with E-state index in [-0.39, 0.29) is 0 Å². The standard InChI is InChI=1S/C15H11Cl2FOS/c16-13-4-1-11(2-5-13)10-20(19)8-7-12-3-6-14(18)9-15(12)17/h1-9H,10H2. The molecule has 20 heavy (non-hydrogen) atoms. The summed E-state index contributed by atoms with van der Waals surface area (Å²) in [6.07, 6.45) is 1.63. The van der Waals surface area contributed by atoms with E-state index < -0.39 is 16.6 Å². The molecule has 0 heterocycles.